The molecule has 1 fully saturated rings. The molecule has 0 aliphatic carbocycles. The minimum Gasteiger partial charge on any atom is -0.497 e. The molecule has 1 saturated heterocycles. The molecular weight excluding hydrogens is 254 g/mol. The SMILES string of the molecule is COc1ccc2nc(C(=O)NCC3CNC3)ccc2c1. The molecule has 0 radical (unpaired) electrons. The maximum atomic E-state index is 12.0. The summed E-state index contributed by atoms with van der Waals surface area (Å²) in [6.07, 6.45) is 0. The summed E-state index contributed by atoms with van der Waals surface area (Å²) < 4.78 is 5.17. The zero-order valence-electron chi connectivity index (χ0n) is 11.3. The van der Waals surface area contributed by atoms with Crippen molar-refractivity contribution in [2.45, 2.75) is 0 Å². The number of hydrogen-bond donors (Lipinski definition) is 2. The van der Waals surface area contributed by atoms with Gasteiger partial charge in [0.15, 0.2) is 0 Å². The Morgan fingerprint density at radius 2 is 2.25 bits per heavy atom. The number of nitrogens with one attached hydrogen (secondary N) is 2. The summed E-state index contributed by atoms with van der Waals surface area (Å²) in [7, 11) is 1.63. The number of carbonyl (C=O) groups excluding carboxylic acids is 1. The highest BCUT2D eigenvalue weighted by atomic mass is 16.5. The van der Waals surface area contributed by atoms with Crippen molar-refractivity contribution in [3.63, 3.8) is 0 Å². The number of ether oxygens (including phenoxy) is 1. The Balaban J connectivity index is 1.75. The van der Waals surface area contributed by atoms with Gasteiger partial charge in [0.25, 0.3) is 5.91 Å². The number of methoxy groups -OCH3 is 1. The van der Waals surface area contributed by atoms with Gasteiger partial charge in [-0.3, -0.25) is 4.79 Å². The fourth-order valence-electron chi connectivity index (χ4n) is 2.18. The van der Waals surface area contributed by atoms with Crippen LogP contribution in [0.5, 0.6) is 5.75 Å². The van der Waals surface area contributed by atoms with E-state index in [-0.39, 0.29) is 5.91 Å². The summed E-state index contributed by atoms with van der Waals surface area (Å²) in [5.41, 5.74) is 1.25. The molecule has 0 bridgehead atoms. The molecule has 0 unspecified atom stereocenters. The molecule has 104 valence electrons. The zero-order valence-corrected chi connectivity index (χ0v) is 11.3. The summed E-state index contributed by atoms with van der Waals surface area (Å²) in [5, 5.41) is 7.07. The lowest BCUT2D eigenvalue weighted by molar-refractivity contribution is 0.0937. The number of rotatable bonds is 4. The monoisotopic (exact) mass is 271 g/mol. The lowest BCUT2D eigenvalue weighted by Crippen LogP contribution is -2.48. The van der Waals surface area contributed by atoms with Gasteiger partial charge >= 0.3 is 0 Å². The van der Waals surface area contributed by atoms with Crippen LogP contribution < -0.4 is 15.4 Å². The van der Waals surface area contributed by atoms with E-state index in [0.717, 1.165) is 29.7 Å². The van der Waals surface area contributed by atoms with Crippen molar-refractivity contribution in [1.29, 1.82) is 0 Å². The molecule has 1 amide bonds. The van der Waals surface area contributed by atoms with Gasteiger partial charge in [-0.2, -0.15) is 0 Å². The summed E-state index contributed by atoms with van der Waals surface area (Å²) in [4.78, 5) is 16.4. The van der Waals surface area contributed by atoms with Gasteiger partial charge in [0.1, 0.15) is 11.4 Å². The fraction of sp³-hybridized carbons (Fsp3) is 0.333. The maximum Gasteiger partial charge on any atom is 0.269 e. The molecular formula is C15H17N3O2. The minimum absolute atomic E-state index is 0.116. The number of hydrogen-bond acceptors (Lipinski definition) is 4. The van der Waals surface area contributed by atoms with Crippen LogP contribution in [-0.4, -0.2) is 37.6 Å². The molecule has 20 heavy (non-hydrogen) atoms. The highest BCUT2D eigenvalue weighted by Gasteiger charge is 2.18. The average molecular weight is 271 g/mol. The van der Waals surface area contributed by atoms with E-state index in [1.54, 1.807) is 13.2 Å². The second-order valence-corrected chi connectivity index (χ2v) is 4.99. The highest BCUT2D eigenvalue weighted by molar-refractivity contribution is 5.95. The van der Waals surface area contributed by atoms with Crippen molar-refractivity contribution < 1.29 is 9.53 Å². The molecule has 0 atom stereocenters. The van der Waals surface area contributed by atoms with Crippen LogP contribution in [0.2, 0.25) is 0 Å². The van der Waals surface area contributed by atoms with Crippen molar-refractivity contribution in [2.24, 2.45) is 5.92 Å². The normalized spacial score (nSPS) is 14.8. The zero-order chi connectivity index (χ0) is 13.9. The molecule has 0 saturated carbocycles. The first kappa shape index (κ1) is 12.9. The van der Waals surface area contributed by atoms with Gasteiger partial charge in [0, 0.05) is 30.9 Å². The number of carbonyl (C=O) groups is 1. The second kappa shape index (κ2) is 5.46. The fourth-order valence-corrected chi connectivity index (χ4v) is 2.18. The van der Waals surface area contributed by atoms with Crippen molar-refractivity contribution in [1.82, 2.24) is 15.6 Å². The van der Waals surface area contributed by atoms with E-state index >= 15 is 0 Å². The number of aromatic nitrogens is 1. The Hall–Kier alpha value is -2.14. The topological polar surface area (TPSA) is 63.2 Å². The number of nitrogens with zero attached hydrogens (tertiary/aromatic N) is 1. The summed E-state index contributed by atoms with van der Waals surface area (Å²) in [6, 6.07) is 9.25. The number of pyridine rings is 1. The lowest BCUT2D eigenvalue weighted by Gasteiger charge is -2.26. The lowest BCUT2D eigenvalue weighted by atomic mass is 10.0. The Bertz CT molecular complexity index is 638. The van der Waals surface area contributed by atoms with Gasteiger partial charge < -0.3 is 15.4 Å². The Morgan fingerprint density at radius 1 is 1.40 bits per heavy atom. The summed E-state index contributed by atoms with van der Waals surface area (Å²) in [6.45, 7) is 2.66. The summed E-state index contributed by atoms with van der Waals surface area (Å²) in [5.74, 6) is 1.22. The first-order valence-corrected chi connectivity index (χ1v) is 6.70. The Labute approximate surface area is 117 Å². The van der Waals surface area contributed by atoms with Gasteiger partial charge in [-0.15, -0.1) is 0 Å². The molecule has 1 aliphatic rings. The highest BCUT2D eigenvalue weighted by Crippen LogP contribution is 2.19. The third-order valence-electron chi connectivity index (χ3n) is 3.55. The quantitative estimate of drug-likeness (QED) is 0.877. The Kier molecular flexibility index (Phi) is 3.52. The van der Waals surface area contributed by atoms with E-state index in [0.29, 0.717) is 18.2 Å². The van der Waals surface area contributed by atoms with Crippen molar-refractivity contribution in [3.05, 3.63) is 36.0 Å². The largest absolute Gasteiger partial charge is 0.497 e. The Morgan fingerprint density at radius 3 is 2.95 bits per heavy atom. The molecule has 2 aromatic rings. The standard InChI is InChI=1S/C15H17N3O2/c1-20-12-3-5-13-11(6-12)2-4-14(18-13)15(19)17-9-10-7-16-8-10/h2-6,10,16H,7-9H2,1H3,(H,17,19). The molecule has 5 nitrogen and oxygen atoms in total. The van der Waals surface area contributed by atoms with Crippen LogP contribution in [0, 0.1) is 5.92 Å². The van der Waals surface area contributed by atoms with E-state index < -0.39 is 0 Å². The van der Waals surface area contributed by atoms with Gasteiger partial charge in [-0.05, 0) is 24.3 Å². The molecule has 1 aromatic carbocycles. The molecule has 3 rings (SSSR count). The first-order chi connectivity index (χ1) is 9.76. The van der Waals surface area contributed by atoms with Crippen LogP contribution in [-0.2, 0) is 0 Å². The predicted octanol–water partition coefficient (Wildman–Crippen LogP) is 1.19. The molecule has 0 spiro atoms. The van der Waals surface area contributed by atoms with Gasteiger partial charge in [-0.25, -0.2) is 4.98 Å². The van der Waals surface area contributed by atoms with Crippen molar-refractivity contribution in [2.75, 3.05) is 26.7 Å². The second-order valence-electron chi connectivity index (χ2n) is 4.99. The molecule has 5 heteroatoms. The maximum absolute atomic E-state index is 12.0. The summed E-state index contributed by atoms with van der Waals surface area (Å²) >= 11 is 0. The van der Waals surface area contributed by atoms with E-state index in [9.17, 15) is 4.79 Å². The van der Waals surface area contributed by atoms with Crippen LogP contribution >= 0.6 is 0 Å². The van der Waals surface area contributed by atoms with E-state index in [2.05, 4.69) is 15.6 Å². The van der Waals surface area contributed by atoms with E-state index in [4.69, 9.17) is 4.74 Å². The van der Waals surface area contributed by atoms with Gasteiger partial charge in [0.2, 0.25) is 0 Å². The smallest absolute Gasteiger partial charge is 0.269 e. The average Bonchev–Trinajstić information content (AvgIpc) is 2.44. The van der Waals surface area contributed by atoms with Crippen molar-refractivity contribution in [3.8, 4) is 5.75 Å². The number of fused-ring (bicyclic) bond motifs is 1. The number of amides is 1. The van der Waals surface area contributed by atoms with Crippen LogP contribution in [0.1, 0.15) is 10.5 Å². The minimum atomic E-state index is -0.116. The third-order valence-corrected chi connectivity index (χ3v) is 3.55. The van der Waals surface area contributed by atoms with Crippen LogP contribution in [0.25, 0.3) is 10.9 Å². The number of benzene rings is 1. The molecule has 1 aliphatic heterocycles. The molecule has 2 heterocycles. The van der Waals surface area contributed by atoms with Crippen LogP contribution in [0.4, 0.5) is 0 Å². The van der Waals surface area contributed by atoms with Crippen molar-refractivity contribution >= 4 is 16.8 Å². The first-order valence-electron chi connectivity index (χ1n) is 6.70. The third kappa shape index (κ3) is 2.58. The molecule has 1 aromatic heterocycles. The van der Waals surface area contributed by atoms with Crippen LogP contribution in [0.3, 0.4) is 0 Å². The van der Waals surface area contributed by atoms with E-state index in [1.807, 2.05) is 24.3 Å². The van der Waals surface area contributed by atoms with Gasteiger partial charge in [-0.1, -0.05) is 6.07 Å². The molecule has 2 N–H and O–H groups in total. The predicted molar refractivity (Wildman–Crippen MR) is 77.0 cm³/mol. The van der Waals surface area contributed by atoms with E-state index in [1.165, 1.54) is 0 Å². The van der Waals surface area contributed by atoms with Gasteiger partial charge in [0.05, 0.1) is 12.6 Å². The van der Waals surface area contributed by atoms with Crippen LogP contribution in [0.15, 0.2) is 30.3 Å².